The normalized spacial score (nSPS) is 13.6. The van der Waals surface area contributed by atoms with Gasteiger partial charge in [0, 0.05) is 12.1 Å². The van der Waals surface area contributed by atoms with Gasteiger partial charge in [-0.2, -0.15) is 0 Å². The number of ether oxygens (including phenoxy) is 1. The van der Waals surface area contributed by atoms with E-state index in [1.165, 1.54) is 0 Å². The van der Waals surface area contributed by atoms with Crippen LogP contribution in [0.5, 0.6) is 0 Å². The van der Waals surface area contributed by atoms with Gasteiger partial charge < -0.3 is 20.3 Å². The molecule has 0 fully saturated rings. The fraction of sp³-hybridized carbons (Fsp3) is 0.654. The lowest BCUT2D eigenvalue weighted by molar-refractivity contribution is -0.142. The molecule has 3 amide bonds. The maximum absolute atomic E-state index is 13.6. The summed E-state index contributed by atoms with van der Waals surface area (Å²) in [6.07, 6.45) is 0.925. The van der Waals surface area contributed by atoms with Crippen LogP contribution in [0.25, 0.3) is 0 Å². The maximum atomic E-state index is 13.6. The summed E-state index contributed by atoms with van der Waals surface area (Å²) in [5.74, 6) is -0.577. The molecule has 33 heavy (non-hydrogen) atoms. The molecule has 0 bridgehead atoms. The van der Waals surface area contributed by atoms with Gasteiger partial charge in [0.1, 0.15) is 17.7 Å². The Bertz CT molecular complexity index is 837. The molecule has 7 nitrogen and oxygen atoms in total. The number of nitrogens with one attached hydrogen (secondary N) is 2. The standard InChI is InChI=1S/C26H43N3O4/c1-11-12-15-29(23(31)19(4)27-24(32)33-26(8,9)10)21(22(30)28-25(5,6)7)20-14-13-17(2)16-18(20)3/h13-14,16,19,21H,11-12,15H2,1-10H3,(H,27,32)(H,28,30). The molecule has 1 rings (SSSR count). The number of carbonyl (C=O) groups excluding carboxylic acids is 3. The fourth-order valence-electron chi connectivity index (χ4n) is 3.51. The van der Waals surface area contributed by atoms with E-state index in [2.05, 4.69) is 10.6 Å². The van der Waals surface area contributed by atoms with Crippen molar-refractivity contribution >= 4 is 17.9 Å². The lowest BCUT2D eigenvalue weighted by Crippen LogP contribution is -2.54. The monoisotopic (exact) mass is 461 g/mol. The zero-order valence-corrected chi connectivity index (χ0v) is 22.1. The highest BCUT2D eigenvalue weighted by Crippen LogP contribution is 2.27. The third-order valence-corrected chi connectivity index (χ3v) is 4.92. The van der Waals surface area contributed by atoms with E-state index < -0.39 is 29.3 Å². The van der Waals surface area contributed by atoms with Gasteiger partial charge >= 0.3 is 6.09 Å². The number of amides is 3. The third-order valence-electron chi connectivity index (χ3n) is 4.92. The van der Waals surface area contributed by atoms with Crippen molar-refractivity contribution in [2.45, 2.75) is 105 Å². The van der Waals surface area contributed by atoms with Crippen LogP contribution >= 0.6 is 0 Å². The molecule has 186 valence electrons. The third kappa shape index (κ3) is 9.44. The van der Waals surface area contributed by atoms with E-state index in [9.17, 15) is 14.4 Å². The first-order valence-electron chi connectivity index (χ1n) is 11.7. The second kappa shape index (κ2) is 11.5. The highest BCUT2D eigenvalue weighted by atomic mass is 16.6. The van der Waals surface area contributed by atoms with Crippen molar-refractivity contribution in [2.24, 2.45) is 0 Å². The topological polar surface area (TPSA) is 87.7 Å². The Morgan fingerprint density at radius 3 is 2.15 bits per heavy atom. The summed E-state index contributed by atoms with van der Waals surface area (Å²) < 4.78 is 5.31. The largest absolute Gasteiger partial charge is 0.444 e. The molecule has 2 N–H and O–H groups in total. The molecule has 7 heteroatoms. The highest BCUT2D eigenvalue weighted by Gasteiger charge is 2.36. The number of hydrogen-bond acceptors (Lipinski definition) is 4. The van der Waals surface area contributed by atoms with Crippen molar-refractivity contribution in [3.05, 3.63) is 34.9 Å². The van der Waals surface area contributed by atoms with Crippen LogP contribution in [0, 0.1) is 13.8 Å². The van der Waals surface area contributed by atoms with Gasteiger partial charge in [-0.1, -0.05) is 37.1 Å². The van der Waals surface area contributed by atoms with Crippen molar-refractivity contribution in [1.29, 1.82) is 0 Å². The lowest BCUT2D eigenvalue weighted by atomic mass is 9.95. The van der Waals surface area contributed by atoms with E-state index in [0.29, 0.717) is 6.54 Å². The van der Waals surface area contributed by atoms with E-state index in [4.69, 9.17) is 4.74 Å². The summed E-state index contributed by atoms with van der Waals surface area (Å²) in [4.78, 5) is 41.0. The van der Waals surface area contributed by atoms with Gasteiger partial charge in [-0.05, 0) is 79.9 Å². The molecule has 2 unspecified atom stereocenters. The SMILES string of the molecule is CCCCN(C(=O)C(C)NC(=O)OC(C)(C)C)C(C(=O)NC(C)(C)C)c1ccc(C)cc1C. The Morgan fingerprint density at radius 2 is 1.67 bits per heavy atom. The predicted octanol–water partition coefficient (Wildman–Crippen LogP) is 4.80. The molecule has 0 aliphatic heterocycles. The molecule has 0 heterocycles. The number of alkyl carbamates (subject to hydrolysis) is 1. The second-order valence-electron chi connectivity index (χ2n) is 10.8. The highest BCUT2D eigenvalue weighted by molar-refractivity contribution is 5.92. The molecule has 2 atom stereocenters. The van der Waals surface area contributed by atoms with E-state index in [1.54, 1.807) is 32.6 Å². The number of aryl methyl sites for hydroxylation is 2. The Hall–Kier alpha value is -2.57. The maximum Gasteiger partial charge on any atom is 0.408 e. The minimum Gasteiger partial charge on any atom is -0.444 e. The Morgan fingerprint density at radius 1 is 1.06 bits per heavy atom. The van der Waals surface area contributed by atoms with Gasteiger partial charge in [0.2, 0.25) is 11.8 Å². The van der Waals surface area contributed by atoms with E-state index in [-0.39, 0.29) is 11.8 Å². The average Bonchev–Trinajstić information content (AvgIpc) is 2.62. The van der Waals surface area contributed by atoms with Crippen LogP contribution < -0.4 is 10.6 Å². The molecule has 0 aromatic heterocycles. The molecule has 0 radical (unpaired) electrons. The number of nitrogens with zero attached hydrogens (tertiary/aromatic N) is 1. The van der Waals surface area contributed by atoms with Crippen LogP contribution in [0.3, 0.4) is 0 Å². The van der Waals surface area contributed by atoms with Gasteiger partial charge in [0.25, 0.3) is 0 Å². The molecule has 1 aromatic carbocycles. The summed E-state index contributed by atoms with van der Waals surface area (Å²) in [7, 11) is 0. The van der Waals surface area contributed by atoms with Crippen molar-refractivity contribution < 1.29 is 19.1 Å². The minimum absolute atomic E-state index is 0.247. The van der Waals surface area contributed by atoms with Gasteiger partial charge in [-0.3, -0.25) is 9.59 Å². The van der Waals surface area contributed by atoms with Crippen molar-refractivity contribution in [1.82, 2.24) is 15.5 Å². The van der Waals surface area contributed by atoms with Crippen molar-refractivity contribution in [3.63, 3.8) is 0 Å². The van der Waals surface area contributed by atoms with Crippen LogP contribution in [0.2, 0.25) is 0 Å². The second-order valence-corrected chi connectivity index (χ2v) is 10.8. The Balaban J connectivity index is 3.39. The summed E-state index contributed by atoms with van der Waals surface area (Å²) >= 11 is 0. The van der Waals surface area contributed by atoms with Gasteiger partial charge in [0.05, 0.1) is 0 Å². The molecule has 0 aliphatic rings. The Kier molecular flexibility index (Phi) is 9.94. The van der Waals surface area contributed by atoms with Crippen LogP contribution in [0.4, 0.5) is 4.79 Å². The molecule has 0 aliphatic carbocycles. The van der Waals surface area contributed by atoms with Crippen LogP contribution in [0.1, 0.15) is 91.0 Å². The number of hydrogen-bond donors (Lipinski definition) is 2. The first kappa shape index (κ1) is 28.5. The molecule has 0 saturated carbocycles. The van der Waals surface area contributed by atoms with E-state index >= 15 is 0 Å². The van der Waals surface area contributed by atoms with Gasteiger partial charge in [-0.15, -0.1) is 0 Å². The zero-order chi connectivity index (χ0) is 25.6. The first-order valence-corrected chi connectivity index (χ1v) is 11.7. The number of carbonyl (C=O) groups is 3. The summed E-state index contributed by atoms with van der Waals surface area (Å²) in [6, 6.07) is 4.21. The predicted molar refractivity (Wildman–Crippen MR) is 132 cm³/mol. The van der Waals surface area contributed by atoms with Crippen molar-refractivity contribution in [2.75, 3.05) is 6.54 Å². The smallest absolute Gasteiger partial charge is 0.408 e. The van der Waals surface area contributed by atoms with E-state index in [0.717, 1.165) is 29.5 Å². The number of benzene rings is 1. The number of unbranched alkanes of at least 4 members (excludes halogenated alkanes) is 1. The van der Waals surface area contributed by atoms with Crippen LogP contribution in [-0.4, -0.2) is 46.5 Å². The first-order chi connectivity index (χ1) is 15.1. The Labute approximate surface area is 199 Å². The van der Waals surface area contributed by atoms with Crippen LogP contribution in [-0.2, 0) is 14.3 Å². The average molecular weight is 462 g/mol. The molecule has 0 spiro atoms. The zero-order valence-electron chi connectivity index (χ0n) is 22.1. The van der Waals surface area contributed by atoms with Gasteiger partial charge in [0.15, 0.2) is 0 Å². The van der Waals surface area contributed by atoms with Gasteiger partial charge in [-0.25, -0.2) is 4.79 Å². The summed E-state index contributed by atoms with van der Waals surface area (Å²) in [5, 5.41) is 5.66. The molecule has 1 aromatic rings. The summed E-state index contributed by atoms with van der Waals surface area (Å²) in [6.45, 7) is 19.0. The lowest BCUT2D eigenvalue weighted by Gasteiger charge is -2.36. The minimum atomic E-state index is -0.854. The van der Waals surface area contributed by atoms with E-state index in [1.807, 2.05) is 59.7 Å². The van der Waals surface area contributed by atoms with Crippen molar-refractivity contribution in [3.8, 4) is 0 Å². The molecular formula is C26H43N3O4. The quantitative estimate of drug-likeness (QED) is 0.582. The summed E-state index contributed by atoms with van der Waals surface area (Å²) in [5.41, 5.74) is 1.65. The molecular weight excluding hydrogens is 418 g/mol. The number of rotatable bonds is 8. The van der Waals surface area contributed by atoms with Crippen LogP contribution in [0.15, 0.2) is 18.2 Å². The molecule has 0 saturated heterocycles. The fourth-order valence-corrected chi connectivity index (χ4v) is 3.51.